The lowest BCUT2D eigenvalue weighted by Crippen LogP contribution is -2.04. The van der Waals surface area contributed by atoms with Crippen LogP contribution in [-0.2, 0) is 13.5 Å². The number of carbonyl (C=O) groups excluding carboxylic acids is 1. The minimum atomic E-state index is 0.0519. The molecule has 3 nitrogen and oxygen atoms in total. The third-order valence-electron chi connectivity index (χ3n) is 2.88. The molecule has 0 aliphatic carbocycles. The van der Waals surface area contributed by atoms with Crippen LogP contribution < -0.4 is 0 Å². The minimum absolute atomic E-state index is 0.0519. The van der Waals surface area contributed by atoms with Gasteiger partial charge in [0.1, 0.15) is 0 Å². The van der Waals surface area contributed by atoms with E-state index >= 15 is 0 Å². The lowest BCUT2D eigenvalue weighted by atomic mass is 10.1. The van der Waals surface area contributed by atoms with Crippen molar-refractivity contribution in [2.75, 3.05) is 0 Å². The van der Waals surface area contributed by atoms with Gasteiger partial charge in [0, 0.05) is 29.6 Å². The predicted octanol–water partition coefficient (Wildman–Crippen LogP) is 3.55. The second-order valence-corrected chi connectivity index (χ2v) is 5.78. The summed E-state index contributed by atoms with van der Waals surface area (Å²) in [6.45, 7) is 5.96. The van der Waals surface area contributed by atoms with E-state index in [4.69, 9.17) is 0 Å². The Labute approximate surface area is 111 Å². The first-order chi connectivity index (χ1) is 8.52. The lowest BCUT2D eigenvalue weighted by molar-refractivity contribution is 0.0943. The van der Waals surface area contributed by atoms with Crippen LogP contribution in [0.2, 0.25) is 0 Å². The highest BCUT2D eigenvalue weighted by Gasteiger charge is 2.16. The van der Waals surface area contributed by atoms with E-state index < -0.39 is 0 Å². The standard InChI is InChI=1S/C14H18N2OS/c1-5-11-10(8-16(4)15-11)12-6-7-13(18-12)14(17)9(2)3/h6-9H,5H2,1-4H3. The van der Waals surface area contributed by atoms with Crippen molar-refractivity contribution in [2.24, 2.45) is 13.0 Å². The van der Waals surface area contributed by atoms with Crippen LogP contribution in [0.3, 0.4) is 0 Å². The number of nitrogens with zero attached hydrogens (tertiary/aromatic N) is 2. The third-order valence-corrected chi connectivity index (χ3v) is 4.01. The van der Waals surface area contributed by atoms with Crippen molar-refractivity contribution >= 4 is 17.1 Å². The molecule has 2 rings (SSSR count). The number of hydrogen-bond donors (Lipinski definition) is 0. The van der Waals surface area contributed by atoms with E-state index in [1.807, 2.05) is 43.9 Å². The second kappa shape index (κ2) is 5.06. The number of carbonyl (C=O) groups is 1. The molecule has 0 saturated carbocycles. The third kappa shape index (κ3) is 2.38. The molecule has 0 unspecified atom stereocenters. The van der Waals surface area contributed by atoms with Crippen LogP contribution in [0.1, 0.15) is 36.1 Å². The summed E-state index contributed by atoms with van der Waals surface area (Å²) in [5.41, 5.74) is 2.23. The Balaban J connectivity index is 2.37. The Bertz CT molecular complexity index is 566. The molecule has 0 fully saturated rings. The van der Waals surface area contributed by atoms with E-state index in [0.29, 0.717) is 0 Å². The summed E-state index contributed by atoms with van der Waals surface area (Å²) < 4.78 is 1.83. The number of Topliss-reactive ketones (excluding diaryl/α,β-unsaturated/α-hetero) is 1. The highest BCUT2D eigenvalue weighted by Crippen LogP contribution is 2.31. The fraction of sp³-hybridized carbons (Fsp3) is 0.429. The van der Waals surface area contributed by atoms with Crippen molar-refractivity contribution in [3.63, 3.8) is 0 Å². The Morgan fingerprint density at radius 1 is 1.44 bits per heavy atom. The summed E-state index contributed by atoms with van der Waals surface area (Å²) in [6, 6.07) is 3.95. The minimum Gasteiger partial charge on any atom is -0.293 e. The number of aromatic nitrogens is 2. The molecule has 0 aliphatic rings. The summed E-state index contributed by atoms with van der Waals surface area (Å²) in [6.07, 6.45) is 2.93. The number of hydrogen-bond acceptors (Lipinski definition) is 3. The summed E-state index contributed by atoms with van der Waals surface area (Å²) in [7, 11) is 1.93. The molecule has 0 bridgehead atoms. The first-order valence-corrected chi connectivity index (χ1v) is 7.01. The van der Waals surface area contributed by atoms with Gasteiger partial charge in [-0.05, 0) is 18.6 Å². The average Bonchev–Trinajstić information content (AvgIpc) is 2.93. The van der Waals surface area contributed by atoms with Crippen LogP contribution in [0.4, 0.5) is 0 Å². The maximum absolute atomic E-state index is 11.9. The van der Waals surface area contributed by atoms with E-state index in [2.05, 4.69) is 12.0 Å². The summed E-state index contributed by atoms with van der Waals surface area (Å²) in [4.78, 5) is 13.9. The summed E-state index contributed by atoms with van der Waals surface area (Å²) in [5, 5.41) is 4.43. The maximum atomic E-state index is 11.9. The lowest BCUT2D eigenvalue weighted by Gasteiger charge is -1.99. The van der Waals surface area contributed by atoms with Gasteiger partial charge in [0.15, 0.2) is 5.78 Å². The van der Waals surface area contributed by atoms with Gasteiger partial charge in [-0.3, -0.25) is 9.48 Å². The Hall–Kier alpha value is -1.42. The molecule has 2 aromatic rings. The fourth-order valence-electron chi connectivity index (χ4n) is 1.90. The molecule has 2 aromatic heterocycles. The van der Waals surface area contributed by atoms with Crippen LogP contribution in [0.5, 0.6) is 0 Å². The summed E-state index contributed by atoms with van der Waals surface area (Å²) >= 11 is 1.56. The van der Waals surface area contributed by atoms with Gasteiger partial charge in [0.2, 0.25) is 0 Å². The van der Waals surface area contributed by atoms with Crippen LogP contribution in [0, 0.1) is 5.92 Å². The van der Waals surface area contributed by atoms with Crippen LogP contribution in [0.15, 0.2) is 18.3 Å². The average molecular weight is 262 g/mol. The van der Waals surface area contributed by atoms with Gasteiger partial charge in [-0.1, -0.05) is 20.8 Å². The van der Waals surface area contributed by atoms with Gasteiger partial charge in [-0.25, -0.2) is 0 Å². The van der Waals surface area contributed by atoms with Crippen LogP contribution in [-0.4, -0.2) is 15.6 Å². The number of thiophene rings is 1. The molecule has 18 heavy (non-hydrogen) atoms. The van der Waals surface area contributed by atoms with Gasteiger partial charge in [-0.15, -0.1) is 11.3 Å². The zero-order valence-electron chi connectivity index (χ0n) is 11.2. The molecule has 0 aliphatic heterocycles. The Kier molecular flexibility index (Phi) is 3.66. The second-order valence-electron chi connectivity index (χ2n) is 4.70. The molecule has 0 radical (unpaired) electrons. The summed E-state index contributed by atoms with van der Waals surface area (Å²) in [5.74, 6) is 0.268. The maximum Gasteiger partial charge on any atom is 0.175 e. The van der Waals surface area contributed by atoms with E-state index in [0.717, 1.165) is 27.4 Å². The first kappa shape index (κ1) is 13.0. The monoisotopic (exact) mass is 262 g/mol. The smallest absolute Gasteiger partial charge is 0.175 e. The van der Waals surface area contributed by atoms with Crippen molar-refractivity contribution in [3.8, 4) is 10.4 Å². The number of aryl methyl sites for hydroxylation is 2. The highest BCUT2D eigenvalue weighted by atomic mass is 32.1. The molecule has 0 aromatic carbocycles. The molecule has 0 N–H and O–H groups in total. The predicted molar refractivity (Wildman–Crippen MR) is 75.1 cm³/mol. The Morgan fingerprint density at radius 3 is 2.78 bits per heavy atom. The van der Waals surface area contributed by atoms with Crippen molar-refractivity contribution in [1.29, 1.82) is 0 Å². The molecule has 96 valence electrons. The quantitative estimate of drug-likeness (QED) is 0.790. The van der Waals surface area contributed by atoms with Gasteiger partial charge >= 0.3 is 0 Å². The van der Waals surface area contributed by atoms with Crippen molar-refractivity contribution in [2.45, 2.75) is 27.2 Å². The van der Waals surface area contributed by atoms with E-state index in [-0.39, 0.29) is 11.7 Å². The molecule has 2 heterocycles. The van der Waals surface area contributed by atoms with E-state index in [1.54, 1.807) is 11.3 Å². The van der Waals surface area contributed by atoms with Crippen LogP contribution in [0.25, 0.3) is 10.4 Å². The van der Waals surface area contributed by atoms with Gasteiger partial charge in [0.25, 0.3) is 0 Å². The number of rotatable bonds is 4. The van der Waals surface area contributed by atoms with Gasteiger partial charge in [0.05, 0.1) is 10.6 Å². The molecular weight excluding hydrogens is 244 g/mol. The molecule has 0 spiro atoms. The molecule has 0 saturated heterocycles. The van der Waals surface area contributed by atoms with Gasteiger partial charge < -0.3 is 0 Å². The zero-order valence-corrected chi connectivity index (χ0v) is 12.0. The Morgan fingerprint density at radius 2 is 2.17 bits per heavy atom. The van der Waals surface area contributed by atoms with E-state index in [1.165, 1.54) is 0 Å². The SMILES string of the molecule is CCc1nn(C)cc1-c1ccc(C(=O)C(C)C)s1. The normalized spacial score (nSPS) is 11.2. The molecule has 4 heteroatoms. The van der Waals surface area contributed by atoms with Crippen molar-refractivity contribution in [3.05, 3.63) is 28.9 Å². The molecule has 0 amide bonds. The van der Waals surface area contributed by atoms with E-state index in [9.17, 15) is 4.79 Å². The first-order valence-electron chi connectivity index (χ1n) is 6.19. The molecule has 0 atom stereocenters. The zero-order chi connectivity index (χ0) is 13.3. The van der Waals surface area contributed by atoms with Gasteiger partial charge in [-0.2, -0.15) is 5.10 Å². The number of ketones is 1. The topological polar surface area (TPSA) is 34.9 Å². The fourth-order valence-corrected chi connectivity index (χ4v) is 3.03. The largest absolute Gasteiger partial charge is 0.293 e. The van der Waals surface area contributed by atoms with Crippen LogP contribution >= 0.6 is 11.3 Å². The van der Waals surface area contributed by atoms with Crippen molar-refractivity contribution in [1.82, 2.24) is 9.78 Å². The van der Waals surface area contributed by atoms with Crippen molar-refractivity contribution < 1.29 is 4.79 Å². The highest BCUT2D eigenvalue weighted by molar-refractivity contribution is 7.17. The molecular formula is C14H18N2OS.